The van der Waals surface area contributed by atoms with Crippen LogP contribution in [0.5, 0.6) is 0 Å². The van der Waals surface area contributed by atoms with Gasteiger partial charge in [-0.2, -0.15) is 0 Å². The van der Waals surface area contributed by atoms with Crippen molar-refractivity contribution in [2.75, 3.05) is 45.8 Å². The minimum absolute atomic E-state index is 0.997. The van der Waals surface area contributed by atoms with Crippen molar-refractivity contribution in [3.63, 3.8) is 0 Å². The third-order valence-electron chi connectivity index (χ3n) is 2.42. The molecule has 1 aliphatic rings. The normalized spacial score (nSPS) is 20.1. The molecule has 14 heavy (non-hydrogen) atoms. The van der Waals surface area contributed by atoms with E-state index < -0.39 is 0 Å². The van der Waals surface area contributed by atoms with Crippen LogP contribution in [0, 0.1) is 11.8 Å². The molecule has 1 rings (SSSR count). The summed E-state index contributed by atoms with van der Waals surface area (Å²) in [5, 5.41) is 6.81. The topological polar surface area (TPSA) is 27.3 Å². The zero-order valence-electron chi connectivity index (χ0n) is 9.10. The molecule has 0 bridgehead atoms. The maximum atomic E-state index is 3.41. The van der Waals surface area contributed by atoms with Gasteiger partial charge in [-0.25, -0.2) is 0 Å². The molecular weight excluding hydrogens is 174 g/mol. The summed E-state index contributed by atoms with van der Waals surface area (Å²) < 4.78 is 0. The van der Waals surface area contributed by atoms with Gasteiger partial charge in [-0.05, 0) is 6.92 Å². The lowest BCUT2D eigenvalue weighted by Crippen LogP contribution is -2.34. The third kappa shape index (κ3) is 5.23. The van der Waals surface area contributed by atoms with Crippen LogP contribution in [-0.2, 0) is 0 Å². The molecule has 0 unspecified atom stereocenters. The van der Waals surface area contributed by atoms with Gasteiger partial charge in [-0.1, -0.05) is 0 Å². The van der Waals surface area contributed by atoms with Crippen molar-refractivity contribution in [3.8, 4) is 11.8 Å². The first-order valence-electron chi connectivity index (χ1n) is 5.47. The van der Waals surface area contributed by atoms with Gasteiger partial charge in [0.15, 0.2) is 0 Å². The number of hydrogen-bond donors (Lipinski definition) is 2. The van der Waals surface area contributed by atoms with Crippen molar-refractivity contribution in [1.82, 2.24) is 15.5 Å². The second kappa shape index (κ2) is 7.81. The first-order chi connectivity index (χ1) is 6.93. The lowest BCUT2D eigenvalue weighted by Gasteiger charge is -2.19. The van der Waals surface area contributed by atoms with Gasteiger partial charge in [-0.15, -0.1) is 11.8 Å². The van der Waals surface area contributed by atoms with Crippen molar-refractivity contribution in [2.45, 2.75) is 13.3 Å². The smallest absolute Gasteiger partial charge is 0.0216 e. The van der Waals surface area contributed by atoms with Crippen molar-refractivity contribution >= 4 is 0 Å². The lowest BCUT2D eigenvalue weighted by molar-refractivity contribution is 0.287. The van der Waals surface area contributed by atoms with Gasteiger partial charge < -0.3 is 10.6 Å². The molecule has 0 spiro atoms. The van der Waals surface area contributed by atoms with Crippen LogP contribution in [0.1, 0.15) is 13.3 Å². The van der Waals surface area contributed by atoms with E-state index in [1.165, 1.54) is 0 Å². The lowest BCUT2D eigenvalue weighted by atomic mass is 10.3. The van der Waals surface area contributed by atoms with Crippen LogP contribution in [0.3, 0.4) is 0 Å². The fourth-order valence-electron chi connectivity index (χ4n) is 1.58. The first kappa shape index (κ1) is 11.5. The summed E-state index contributed by atoms with van der Waals surface area (Å²) in [7, 11) is 0. The Balaban J connectivity index is 2.20. The van der Waals surface area contributed by atoms with Crippen LogP contribution < -0.4 is 10.6 Å². The molecule has 0 amide bonds. The van der Waals surface area contributed by atoms with E-state index in [1.807, 2.05) is 6.92 Å². The molecule has 1 saturated heterocycles. The predicted molar refractivity (Wildman–Crippen MR) is 60.2 cm³/mol. The van der Waals surface area contributed by atoms with E-state index in [0.717, 1.165) is 52.2 Å². The van der Waals surface area contributed by atoms with E-state index in [2.05, 4.69) is 27.4 Å². The number of nitrogens with one attached hydrogen (secondary N) is 2. The van der Waals surface area contributed by atoms with Crippen molar-refractivity contribution in [3.05, 3.63) is 0 Å². The minimum Gasteiger partial charge on any atom is -0.314 e. The van der Waals surface area contributed by atoms with Gasteiger partial charge in [0, 0.05) is 52.2 Å². The summed E-state index contributed by atoms with van der Waals surface area (Å²) in [6.07, 6.45) is 0.997. The fraction of sp³-hybridized carbons (Fsp3) is 0.818. The highest BCUT2D eigenvalue weighted by molar-refractivity contribution is 4.95. The largest absolute Gasteiger partial charge is 0.314 e. The zero-order chi connectivity index (χ0) is 10.1. The molecule has 1 fully saturated rings. The second-order valence-electron chi connectivity index (χ2n) is 3.52. The van der Waals surface area contributed by atoms with Gasteiger partial charge >= 0.3 is 0 Å². The summed E-state index contributed by atoms with van der Waals surface area (Å²) in [5.41, 5.74) is 0. The van der Waals surface area contributed by atoms with E-state index in [4.69, 9.17) is 0 Å². The van der Waals surface area contributed by atoms with E-state index in [0.29, 0.717) is 0 Å². The number of rotatable bonds is 2. The van der Waals surface area contributed by atoms with Gasteiger partial charge in [-0.3, -0.25) is 4.90 Å². The third-order valence-corrected chi connectivity index (χ3v) is 2.42. The molecular formula is C11H21N3. The number of hydrogen-bond acceptors (Lipinski definition) is 3. The van der Waals surface area contributed by atoms with Crippen molar-refractivity contribution in [2.24, 2.45) is 0 Å². The Morgan fingerprint density at radius 3 is 2.29 bits per heavy atom. The summed E-state index contributed by atoms with van der Waals surface area (Å²) in [4.78, 5) is 2.47. The fourth-order valence-corrected chi connectivity index (χ4v) is 1.58. The Morgan fingerprint density at radius 2 is 1.71 bits per heavy atom. The van der Waals surface area contributed by atoms with Crippen LogP contribution in [0.2, 0.25) is 0 Å². The van der Waals surface area contributed by atoms with Crippen LogP contribution in [0.4, 0.5) is 0 Å². The van der Waals surface area contributed by atoms with E-state index in [-0.39, 0.29) is 0 Å². The Hall–Kier alpha value is -0.560. The molecule has 1 aliphatic heterocycles. The van der Waals surface area contributed by atoms with Gasteiger partial charge in [0.05, 0.1) is 0 Å². The van der Waals surface area contributed by atoms with Crippen LogP contribution in [-0.4, -0.2) is 50.7 Å². The molecule has 0 aliphatic carbocycles. The van der Waals surface area contributed by atoms with Gasteiger partial charge in [0.2, 0.25) is 0 Å². The maximum Gasteiger partial charge on any atom is 0.0216 e. The molecule has 0 aromatic heterocycles. The molecule has 0 saturated carbocycles. The molecule has 0 radical (unpaired) electrons. The van der Waals surface area contributed by atoms with Gasteiger partial charge in [0.25, 0.3) is 0 Å². The van der Waals surface area contributed by atoms with Crippen LogP contribution in [0.15, 0.2) is 0 Å². The van der Waals surface area contributed by atoms with E-state index >= 15 is 0 Å². The van der Waals surface area contributed by atoms with Crippen molar-refractivity contribution < 1.29 is 0 Å². The van der Waals surface area contributed by atoms with E-state index in [9.17, 15) is 0 Å². The van der Waals surface area contributed by atoms with Gasteiger partial charge in [0.1, 0.15) is 0 Å². The first-order valence-corrected chi connectivity index (χ1v) is 5.47. The molecule has 3 heteroatoms. The maximum absolute atomic E-state index is 3.41. The summed E-state index contributed by atoms with van der Waals surface area (Å²) in [6, 6.07) is 0. The quantitative estimate of drug-likeness (QED) is 0.602. The summed E-state index contributed by atoms with van der Waals surface area (Å²) >= 11 is 0. The molecule has 1 heterocycles. The average Bonchev–Trinajstić information content (AvgIpc) is 2.32. The molecule has 80 valence electrons. The number of nitrogens with zero attached hydrogens (tertiary/aromatic N) is 1. The highest BCUT2D eigenvalue weighted by Crippen LogP contribution is 1.90. The average molecular weight is 195 g/mol. The Kier molecular flexibility index (Phi) is 6.42. The molecule has 0 aromatic carbocycles. The Labute approximate surface area is 87.2 Å². The Morgan fingerprint density at radius 1 is 1.07 bits per heavy atom. The highest BCUT2D eigenvalue weighted by atomic mass is 15.2. The summed E-state index contributed by atoms with van der Waals surface area (Å²) in [5.74, 6) is 6.05. The standard InChI is InChI=1S/C11H21N3/c1-2-3-4-9-14-10-7-12-5-6-13-8-11-14/h12-13H,4-11H2,1H3. The predicted octanol–water partition coefficient (Wildman–Crippen LogP) is -0.105. The van der Waals surface area contributed by atoms with E-state index in [1.54, 1.807) is 0 Å². The summed E-state index contributed by atoms with van der Waals surface area (Å²) in [6.45, 7) is 9.67. The van der Waals surface area contributed by atoms with Crippen LogP contribution >= 0.6 is 0 Å². The second-order valence-corrected chi connectivity index (χ2v) is 3.52. The highest BCUT2D eigenvalue weighted by Gasteiger charge is 2.04. The Bertz CT molecular complexity index is 182. The molecule has 3 nitrogen and oxygen atoms in total. The molecule has 0 aromatic rings. The zero-order valence-corrected chi connectivity index (χ0v) is 9.10. The molecule has 2 N–H and O–H groups in total. The van der Waals surface area contributed by atoms with Crippen LogP contribution in [0.25, 0.3) is 0 Å². The molecule has 0 atom stereocenters. The SMILES string of the molecule is CC#CCCN1CCNCCNCC1. The monoisotopic (exact) mass is 195 g/mol. The minimum atomic E-state index is 0.997. The van der Waals surface area contributed by atoms with Crippen molar-refractivity contribution in [1.29, 1.82) is 0 Å².